The Hall–Kier alpha value is -3.55. The molecular formula is C19H18N2O6. The second-order valence-corrected chi connectivity index (χ2v) is 5.43. The van der Waals surface area contributed by atoms with Gasteiger partial charge in [-0.15, -0.1) is 0 Å². The van der Waals surface area contributed by atoms with Gasteiger partial charge in [-0.1, -0.05) is 17.3 Å². The molecule has 0 atom stereocenters. The van der Waals surface area contributed by atoms with Crippen molar-refractivity contribution in [1.82, 2.24) is 0 Å². The van der Waals surface area contributed by atoms with Gasteiger partial charge >= 0.3 is 5.97 Å². The summed E-state index contributed by atoms with van der Waals surface area (Å²) < 4.78 is 15.5. The Balaban J connectivity index is 1.52. The summed E-state index contributed by atoms with van der Waals surface area (Å²) in [4.78, 5) is 28.9. The number of hydrogen-bond donors (Lipinski definition) is 1. The van der Waals surface area contributed by atoms with Gasteiger partial charge in [0.2, 0.25) is 6.79 Å². The van der Waals surface area contributed by atoms with Gasteiger partial charge < -0.3 is 24.4 Å². The molecule has 2 aromatic rings. The molecule has 1 heterocycles. The summed E-state index contributed by atoms with van der Waals surface area (Å²) in [6.07, 6.45) is 1.46. The molecule has 0 aliphatic carbocycles. The van der Waals surface area contributed by atoms with E-state index < -0.39 is 11.9 Å². The van der Waals surface area contributed by atoms with Crippen molar-refractivity contribution < 1.29 is 28.6 Å². The van der Waals surface area contributed by atoms with Crippen LogP contribution in [0, 0.1) is 0 Å². The Bertz CT molecular complexity index is 865. The average Bonchev–Trinajstić information content (AvgIpc) is 3.14. The summed E-state index contributed by atoms with van der Waals surface area (Å²) in [5.41, 5.74) is 1.37. The molecule has 1 aliphatic heterocycles. The molecule has 8 nitrogen and oxygen atoms in total. The molecule has 0 fully saturated rings. The molecule has 1 amide bonds. The summed E-state index contributed by atoms with van der Waals surface area (Å²) in [6.45, 7) is 1.85. The molecule has 2 aromatic carbocycles. The van der Waals surface area contributed by atoms with Gasteiger partial charge in [0.05, 0.1) is 24.1 Å². The van der Waals surface area contributed by atoms with Crippen LogP contribution in [0.2, 0.25) is 0 Å². The average molecular weight is 370 g/mol. The van der Waals surface area contributed by atoms with Crippen LogP contribution < -0.4 is 14.8 Å². The number of hydrogen-bond acceptors (Lipinski definition) is 7. The van der Waals surface area contributed by atoms with Crippen molar-refractivity contribution >= 4 is 23.8 Å². The first-order valence-corrected chi connectivity index (χ1v) is 8.28. The Labute approximate surface area is 155 Å². The number of fused-ring (bicyclic) bond motifs is 1. The number of ether oxygens (including phenoxy) is 3. The van der Waals surface area contributed by atoms with E-state index in [-0.39, 0.29) is 25.6 Å². The Morgan fingerprint density at radius 1 is 1.19 bits per heavy atom. The van der Waals surface area contributed by atoms with Gasteiger partial charge in [-0.05, 0) is 37.3 Å². The third-order valence-electron chi connectivity index (χ3n) is 3.57. The lowest BCUT2D eigenvalue weighted by molar-refractivity contribution is -0.120. The number of oxime groups is 1. The molecule has 3 rings (SSSR count). The molecular weight excluding hydrogens is 352 g/mol. The molecule has 1 aliphatic rings. The van der Waals surface area contributed by atoms with Gasteiger partial charge in [0.1, 0.15) is 0 Å². The monoisotopic (exact) mass is 370 g/mol. The van der Waals surface area contributed by atoms with Gasteiger partial charge in [-0.2, -0.15) is 0 Å². The number of rotatable bonds is 7. The molecule has 0 aromatic heterocycles. The van der Waals surface area contributed by atoms with Crippen LogP contribution in [0.25, 0.3) is 0 Å². The minimum Gasteiger partial charge on any atom is -0.462 e. The van der Waals surface area contributed by atoms with Crippen molar-refractivity contribution in [3.63, 3.8) is 0 Å². The fraction of sp³-hybridized carbons (Fsp3) is 0.211. The van der Waals surface area contributed by atoms with Gasteiger partial charge in [0.15, 0.2) is 18.1 Å². The lowest BCUT2D eigenvalue weighted by atomic mass is 10.2. The van der Waals surface area contributed by atoms with Crippen molar-refractivity contribution in [2.45, 2.75) is 6.92 Å². The van der Waals surface area contributed by atoms with E-state index in [1.54, 1.807) is 49.4 Å². The first-order chi connectivity index (χ1) is 13.2. The molecule has 8 heteroatoms. The lowest BCUT2D eigenvalue weighted by Gasteiger charge is -2.09. The molecule has 0 spiro atoms. The van der Waals surface area contributed by atoms with Crippen molar-refractivity contribution in [1.29, 1.82) is 0 Å². The minimum absolute atomic E-state index is 0.194. The lowest BCUT2D eigenvalue weighted by Crippen LogP contribution is -2.19. The van der Waals surface area contributed by atoms with E-state index >= 15 is 0 Å². The van der Waals surface area contributed by atoms with Crippen molar-refractivity contribution in [3.8, 4) is 11.5 Å². The fourth-order valence-corrected chi connectivity index (χ4v) is 2.35. The zero-order valence-corrected chi connectivity index (χ0v) is 14.6. The van der Waals surface area contributed by atoms with E-state index in [1.807, 2.05) is 0 Å². The number of benzene rings is 2. The number of carbonyl (C=O) groups excluding carboxylic acids is 2. The molecule has 0 bridgehead atoms. The second-order valence-electron chi connectivity index (χ2n) is 5.43. The van der Waals surface area contributed by atoms with Crippen LogP contribution in [0.15, 0.2) is 47.6 Å². The number of amides is 1. The molecule has 1 N–H and O–H groups in total. The second kappa shape index (κ2) is 8.70. The van der Waals surface area contributed by atoms with E-state index in [9.17, 15) is 9.59 Å². The number of esters is 1. The molecule has 0 saturated heterocycles. The number of nitrogens with one attached hydrogen (secondary N) is 1. The van der Waals surface area contributed by atoms with E-state index in [0.717, 1.165) is 5.56 Å². The van der Waals surface area contributed by atoms with Crippen LogP contribution in [0.5, 0.6) is 11.5 Å². The predicted octanol–water partition coefficient (Wildman–Crippen LogP) is 2.58. The first kappa shape index (κ1) is 18.2. The zero-order chi connectivity index (χ0) is 19.1. The summed E-state index contributed by atoms with van der Waals surface area (Å²) in [5, 5.41) is 6.37. The van der Waals surface area contributed by atoms with Gasteiger partial charge in [-0.3, -0.25) is 4.79 Å². The maximum Gasteiger partial charge on any atom is 0.340 e. The van der Waals surface area contributed by atoms with Crippen LogP contribution in [-0.2, 0) is 14.4 Å². The molecule has 0 unspecified atom stereocenters. The van der Waals surface area contributed by atoms with Crippen molar-refractivity contribution in [2.24, 2.45) is 5.16 Å². The van der Waals surface area contributed by atoms with Crippen LogP contribution >= 0.6 is 0 Å². The number of anilines is 1. The third-order valence-corrected chi connectivity index (χ3v) is 3.57. The number of para-hydroxylation sites is 1. The fourth-order valence-electron chi connectivity index (χ4n) is 2.35. The quantitative estimate of drug-likeness (QED) is 0.457. The van der Waals surface area contributed by atoms with Crippen LogP contribution in [-0.4, -0.2) is 38.1 Å². The normalized spacial score (nSPS) is 12.0. The Kier molecular flexibility index (Phi) is 5.88. The van der Waals surface area contributed by atoms with Crippen molar-refractivity contribution in [2.75, 3.05) is 25.3 Å². The highest BCUT2D eigenvalue weighted by molar-refractivity contribution is 6.01. The summed E-state index contributed by atoms with van der Waals surface area (Å²) in [6, 6.07) is 11.9. The largest absolute Gasteiger partial charge is 0.462 e. The highest BCUT2D eigenvalue weighted by atomic mass is 16.7. The standard InChI is InChI=1S/C19H18N2O6/c1-2-24-19(23)14-5-3-4-6-15(14)21-18(22)11-27-20-10-13-7-8-16-17(9-13)26-12-25-16/h3-10H,2,11-12H2,1H3,(H,21,22)/b20-10-. The van der Waals surface area contributed by atoms with Crippen LogP contribution in [0.1, 0.15) is 22.8 Å². The Morgan fingerprint density at radius 2 is 2.00 bits per heavy atom. The molecule has 0 radical (unpaired) electrons. The van der Waals surface area contributed by atoms with E-state index in [4.69, 9.17) is 19.0 Å². The summed E-state index contributed by atoms with van der Waals surface area (Å²) in [7, 11) is 0. The molecule has 27 heavy (non-hydrogen) atoms. The molecule has 0 saturated carbocycles. The number of carbonyl (C=O) groups is 2. The highest BCUT2D eigenvalue weighted by Gasteiger charge is 2.14. The zero-order valence-electron chi connectivity index (χ0n) is 14.6. The topological polar surface area (TPSA) is 95.5 Å². The van der Waals surface area contributed by atoms with E-state index in [0.29, 0.717) is 17.2 Å². The van der Waals surface area contributed by atoms with Gasteiger partial charge in [0, 0.05) is 5.56 Å². The summed E-state index contributed by atoms with van der Waals surface area (Å²) >= 11 is 0. The van der Waals surface area contributed by atoms with Crippen LogP contribution in [0.4, 0.5) is 5.69 Å². The SMILES string of the molecule is CCOC(=O)c1ccccc1NC(=O)CO/N=C\c1ccc2c(c1)OCO2. The van der Waals surface area contributed by atoms with E-state index in [2.05, 4.69) is 10.5 Å². The maximum absolute atomic E-state index is 12.0. The van der Waals surface area contributed by atoms with Gasteiger partial charge in [0.25, 0.3) is 5.91 Å². The van der Waals surface area contributed by atoms with Crippen LogP contribution in [0.3, 0.4) is 0 Å². The maximum atomic E-state index is 12.0. The number of nitrogens with zero attached hydrogens (tertiary/aromatic N) is 1. The highest BCUT2D eigenvalue weighted by Crippen LogP contribution is 2.31. The molecule has 140 valence electrons. The minimum atomic E-state index is -0.504. The smallest absolute Gasteiger partial charge is 0.340 e. The third kappa shape index (κ3) is 4.75. The van der Waals surface area contributed by atoms with Gasteiger partial charge in [-0.25, -0.2) is 4.79 Å². The predicted molar refractivity (Wildman–Crippen MR) is 97.1 cm³/mol. The van der Waals surface area contributed by atoms with Crippen molar-refractivity contribution in [3.05, 3.63) is 53.6 Å². The Morgan fingerprint density at radius 3 is 2.85 bits per heavy atom. The summed E-state index contributed by atoms with van der Waals surface area (Å²) in [5.74, 6) is 0.352. The van der Waals surface area contributed by atoms with E-state index in [1.165, 1.54) is 6.21 Å². The first-order valence-electron chi connectivity index (χ1n) is 8.28.